The van der Waals surface area contributed by atoms with Gasteiger partial charge in [-0.3, -0.25) is 9.78 Å². The highest BCUT2D eigenvalue weighted by atomic mass is 32.2. The van der Waals surface area contributed by atoms with Crippen molar-refractivity contribution in [1.82, 2.24) is 24.8 Å². The molecular weight excluding hydrogens is 432 g/mol. The average Bonchev–Trinajstić information content (AvgIpc) is 2.72. The summed E-state index contributed by atoms with van der Waals surface area (Å²) in [5.41, 5.74) is 3.22. The number of hydrogen-bond donors (Lipinski definition) is 3. The zero-order valence-electron chi connectivity index (χ0n) is 17.5. The first-order chi connectivity index (χ1) is 15.1. The number of primary sulfonamides is 1. The summed E-state index contributed by atoms with van der Waals surface area (Å²) in [6.07, 6.45) is 0. The first kappa shape index (κ1) is 21.8. The number of aromatic amines is 1. The number of benzene rings is 2. The zero-order valence-corrected chi connectivity index (χ0v) is 18.4. The number of hydrogen-bond acceptors (Lipinski definition) is 7. The van der Waals surface area contributed by atoms with Crippen LogP contribution < -0.4 is 21.7 Å². The van der Waals surface area contributed by atoms with Crippen LogP contribution in [-0.2, 0) is 23.1 Å². The van der Waals surface area contributed by atoms with Crippen molar-refractivity contribution >= 4 is 21.1 Å². The molecule has 10 nitrogen and oxygen atoms in total. The van der Waals surface area contributed by atoms with E-state index in [4.69, 9.17) is 5.14 Å². The molecule has 0 saturated carbocycles. The molecule has 11 heteroatoms. The van der Waals surface area contributed by atoms with Crippen LogP contribution in [0.15, 0.2) is 50.9 Å². The Morgan fingerprint density at radius 3 is 2.44 bits per heavy atom. The van der Waals surface area contributed by atoms with Crippen LogP contribution in [0.1, 0.15) is 16.7 Å². The minimum atomic E-state index is -3.73. The normalized spacial score (nSPS) is 12.0. The fraction of sp³-hybridized carbons (Fsp3) is 0.238. The SMILES string of the molecule is Cc1cc2nc3c(=O)[nH]c(=O)nc-3n(CCNCc3ccc(S(N)(=O)=O)cc3)c2cc1C. The largest absolute Gasteiger partial charge is 0.349 e. The minimum absolute atomic E-state index is 0.0573. The third kappa shape index (κ3) is 4.31. The predicted octanol–water partition coefficient (Wildman–Crippen LogP) is 0.639. The van der Waals surface area contributed by atoms with E-state index in [9.17, 15) is 18.0 Å². The summed E-state index contributed by atoms with van der Waals surface area (Å²) in [6.45, 7) is 5.38. The van der Waals surface area contributed by atoms with Gasteiger partial charge in [-0.25, -0.2) is 23.3 Å². The summed E-state index contributed by atoms with van der Waals surface area (Å²) in [5.74, 6) is 0.230. The van der Waals surface area contributed by atoms with Gasteiger partial charge in [0.25, 0.3) is 5.56 Å². The smallest absolute Gasteiger partial charge is 0.321 e. The Labute approximate surface area is 183 Å². The lowest BCUT2D eigenvalue weighted by molar-refractivity contribution is 0.597. The molecule has 4 N–H and O–H groups in total. The van der Waals surface area contributed by atoms with Crippen molar-refractivity contribution in [1.29, 1.82) is 0 Å². The summed E-state index contributed by atoms with van der Waals surface area (Å²) in [7, 11) is -3.73. The van der Waals surface area contributed by atoms with E-state index in [2.05, 4.69) is 20.3 Å². The average molecular weight is 455 g/mol. The summed E-state index contributed by atoms with van der Waals surface area (Å²) in [5, 5.41) is 8.40. The standard InChI is InChI=1S/C21H22N6O4S/c1-12-9-16-17(10-13(12)2)27(19-18(24-16)20(28)26-21(29)25-19)8-7-23-11-14-3-5-15(6-4-14)32(22,30)31/h3-6,9-10,23H,7-8,11H2,1-2H3,(H2,22,30,31)(H,26,28,29). The molecule has 0 bridgehead atoms. The van der Waals surface area contributed by atoms with Crippen molar-refractivity contribution in [2.24, 2.45) is 5.14 Å². The van der Waals surface area contributed by atoms with Gasteiger partial charge in [-0.05, 0) is 54.8 Å². The van der Waals surface area contributed by atoms with Crippen LogP contribution in [0.3, 0.4) is 0 Å². The maximum Gasteiger partial charge on any atom is 0.349 e. The molecule has 0 aromatic heterocycles. The number of fused-ring (bicyclic) bond motifs is 2. The maximum absolute atomic E-state index is 12.3. The molecule has 2 aromatic carbocycles. The first-order valence-corrected chi connectivity index (χ1v) is 11.4. The van der Waals surface area contributed by atoms with Crippen molar-refractivity contribution in [2.75, 3.05) is 6.54 Å². The number of sulfonamides is 1. The lowest BCUT2D eigenvalue weighted by Gasteiger charge is -2.18. The van der Waals surface area contributed by atoms with E-state index in [-0.39, 0.29) is 16.4 Å². The number of aromatic nitrogens is 4. The molecule has 2 heterocycles. The Balaban J connectivity index is 1.62. The van der Waals surface area contributed by atoms with Crippen molar-refractivity contribution in [3.8, 4) is 11.5 Å². The fourth-order valence-electron chi connectivity index (χ4n) is 3.50. The Morgan fingerprint density at radius 2 is 1.75 bits per heavy atom. The van der Waals surface area contributed by atoms with Crippen LogP contribution >= 0.6 is 0 Å². The molecule has 4 rings (SSSR count). The molecule has 166 valence electrons. The molecule has 2 aliphatic rings. The fourth-order valence-corrected chi connectivity index (χ4v) is 4.01. The highest BCUT2D eigenvalue weighted by Crippen LogP contribution is 2.23. The van der Waals surface area contributed by atoms with Gasteiger partial charge >= 0.3 is 5.69 Å². The topological polar surface area (TPSA) is 153 Å². The lowest BCUT2D eigenvalue weighted by Crippen LogP contribution is -2.30. The third-order valence-electron chi connectivity index (χ3n) is 5.32. The molecular formula is C21H22N6O4S. The molecule has 2 aromatic rings. The number of nitrogens with zero attached hydrogens (tertiary/aromatic N) is 3. The third-order valence-corrected chi connectivity index (χ3v) is 6.25. The molecule has 0 saturated heterocycles. The Bertz CT molecular complexity index is 1510. The van der Waals surface area contributed by atoms with Crippen LogP contribution in [0, 0.1) is 13.8 Å². The monoisotopic (exact) mass is 454 g/mol. The number of aryl methyl sites for hydroxylation is 2. The molecule has 0 aliphatic carbocycles. The van der Waals surface area contributed by atoms with Crippen LogP contribution in [0.2, 0.25) is 0 Å². The predicted molar refractivity (Wildman–Crippen MR) is 120 cm³/mol. The van der Waals surface area contributed by atoms with Crippen LogP contribution in [0.5, 0.6) is 0 Å². The second-order valence-electron chi connectivity index (χ2n) is 7.60. The van der Waals surface area contributed by atoms with Crippen molar-refractivity contribution in [3.05, 3.63) is 73.9 Å². The van der Waals surface area contributed by atoms with Crippen LogP contribution in [0.25, 0.3) is 22.6 Å². The maximum atomic E-state index is 12.3. The van der Waals surface area contributed by atoms with E-state index >= 15 is 0 Å². The van der Waals surface area contributed by atoms with Gasteiger partial charge in [0, 0.05) is 19.6 Å². The van der Waals surface area contributed by atoms with E-state index in [1.54, 1.807) is 12.1 Å². The van der Waals surface area contributed by atoms with Gasteiger partial charge in [-0.2, -0.15) is 4.98 Å². The highest BCUT2D eigenvalue weighted by Gasteiger charge is 2.19. The Morgan fingerprint density at radius 1 is 1.06 bits per heavy atom. The Kier molecular flexibility index (Phi) is 5.63. The highest BCUT2D eigenvalue weighted by molar-refractivity contribution is 7.89. The summed E-state index contributed by atoms with van der Waals surface area (Å²) < 4.78 is 24.6. The summed E-state index contributed by atoms with van der Waals surface area (Å²) >= 11 is 0. The van der Waals surface area contributed by atoms with Gasteiger partial charge < -0.3 is 9.88 Å². The number of nitrogens with one attached hydrogen (secondary N) is 2. The molecule has 0 radical (unpaired) electrons. The summed E-state index contributed by atoms with van der Waals surface area (Å²) in [4.78, 5) is 34.8. The first-order valence-electron chi connectivity index (χ1n) is 9.88. The second-order valence-corrected chi connectivity index (χ2v) is 9.16. The van der Waals surface area contributed by atoms with Gasteiger partial charge in [0.1, 0.15) is 0 Å². The molecule has 0 spiro atoms. The van der Waals surface area contributed by atoms with Crippen LogP contribution in [-0.4, -0.2) is 34.5 Å². The summed E-state index contributed by atoms with van der Waals surface area (Å²) in [6, 6.07) is 10.2. The molecule has 0 amide bonds. The number of H-pyrrole nitrogens is 1. The van der Waals surface area contributed by atoms with Gasteiger partial charge in [0.05, 0.1) is 15.9 Å². The van der Waals surface area contributed by atoms with E-state index < -0.39 is 21.3 Å². The van der Waals surface area contributed by atoms with E-state index in [0.717, 1.165) is 22.2 Å². The van der Waals surface area contributed by atoms with Gasteiger partial charge in [0.2, 0.25) is 10.0 Å². The molecule has 0 unspecified atom stereocenters. The van der Waals surface area contributed by atoms with E-state index in [1.807, 2.05) is 30.5 Å². The number of nitrogens with two attached hydrogens (primary N) is 1. The van der Waals surface area contributed by atoms with E-state index in [1.165, 1.54) is 12.1 Å². The van der Waals surface area contributed by atoms with Crippen molar-refractivity contribution < 1.29 is 8.42 Å². The van der Waals surface area contributed by atoms with E-state index in [0.29, 0.717) is 25.2 Å². The zero-order chi connectivity index (χ0) is 23.0. The minimum Gasteiger partial charge on any atom is -0.321 e. The van der Waals surface area contributed by atoms with Crippen molar-refractivity contribution in [2.45, 2.75) is 31.8 Å². The molecule has 0 fully saturated rings. The Hall–Kier alpha value is -3.41. The number of rotatable bonds is 6. The molecule has 0 atom stereocenters. The van der Waals surface area contributed by atoms with Crippen molar-refractivity contribution in [3.63, 3.8) is 0 Å². The quantitative estimate of drug-likeness (QED) is 0.285. The molecule has 32 heavy (non-hydrogen) atoms. The van der Waals surface area contributed by atoms with Crippen LogP contribution in [0.4, 0.5) is 0 Å². The molecule has 2 aliphatic heterocycles. The van der Waals surface area contributed by atoms with Gasteiger partial charge in [0.15, 0.2) is 11.5 Å². The lowest BCUT2D eigenvalue weighted by atomic mass is 10.1. The second kappa shape index (κ2) is 8.26. The van der Waals surface area contributed by atoms with Gasteiger partial charge in [-0.15, -0.1) is 0 Å². The van der Waals surface area contributed by atoms with Gasteiger partial charge in [-0.1, -0.05) is 12.1 Å².